The highest BCUT2D eigenvalue weighted by atomic mass is 16.1. The molecule has 11 heavy (non-hydrogen) atoms. The van der Waals surface area contributed by atoms with Gasteiger partial charge in [0.25, 0.3) is 5.56 Å². The van der Waals surface area contributed by atoms with Crippen molar-refractivity contribution in [3.8, 4) is 0 Å². The molecule has 0 aliphatic rings. The zero-order chi connectivity index (χ0) is 8.27. The van der Waals surface area contributed by atoms with Crippen LogP contribution in [0.2, 0.25) is 0 Å². The van der Waals surface area contributed by atoms with Gasteiger partial charge in [-0.1, -0.05) is 13.8 Å². The van der Waals surface area contributed by atoms with Crippen LogP contribution in [0.25, 0.3) is 0 Å². The summed E-state index contributed by atoms with van der Waals surface area (Å²) in [5.74, 6) is 0.495. The van der Waals surface area contributed by atoms with Crippen molar-refractivity contribution >= 4 is 0 Å². The fourth-order valence-electron chi connectivity index (χ4n) is 0.918. The van der Waals surface area contributed by atoms with Gasteiger partial charge in [-0.3, -0.25) is 9.78 Å². The molecular weight excluding hydrogens is 140 g/mol. The third-order valence-corrected chi connectivity index (χ3v) is 1.36. The first-order chi connectivity index (χ1) is 5.20. The normalized spacial score (nSPS) is 10.5. The molecule has 1 aromatic heterocycles. The smallest absolute Gasteiger partial charge is 0.268 e. The van der Waals surface area contributed by atoms with Crippen molar-refractivity contribution in [2.24, 2.45) is 5.92 Å². The number of rotatable bonds is 2. The van der Waals surface area contributed by atoms with E-state index in [1.165, 1.54) is 6.20 Å². The Kier molecular flexibility index (Phi) is 2.41. The molecule has 1 heterocycles. The second-order valence-electron chi connectivity index (χ2n) is 2.96. The average molecular weight is 152 g/mol. The largest absolute Gasteiger partial charge is 0.312 e. The molecule has 1 rings (SSSR count). The lowest BCUT2D eigenvalue weighted by molar-refractivity contribution is 0.509. The van der Waals surface area contributed by atoms with E-state index in [9.17, 15) is 4.79 Å². The third kappa shape index (κ3) is 2.18. The highest BCUT2D eigenvalue weighted by molar-refractivity contribution is 4.80. The summed E-state index contributed by atoms with van der Waals surface area (Å²) in [6.07, 6.45) is 4.68. The van der Waals surface area contributed by atoms with Crippen LogP contribution in [0.15, 0.2) is 23.4 Å². The van der Waals surface area contributed by atoms with Gasteiger partial charge in [0, 0.05) is 18.9 Å². The van der Waals surface area contributed by atoms with Crippen molar-refractivity contribution in [2.45, 2.75) is 20.4 Å². The molecule has 0 aromatic carbocycles. The lowest BCUT2D eigenvalue weighted by atomic mass is 10.2. The molecule has 3 nitrogen and oxygen atoms in total. The summed E-state index contributed by atoms with van der Waals surface area (Å²) in [7, 11) is 0. The number of hydrogen-bond acceptors (Lipinski definition) is 2. The molecule has 60 valence electrons. The van der Waals surface area contributed by atoms with Crippen LogP contribution in [-0.2, 0) is 6.54 Å². The Labute approximate surface area is 65.7 Å². The maximum absolute atomic E-state index is 11.1. The summed E-state index contributed by atoms with van der Waals surface area (Å²) in [5.41, 5.74) is -0.0267. The number of aromatic nitrogens is 2. The minimum absolute atomic E-state index is 0.0267. The summed E-state index contributed by atoms with van der Waals surface area (Å²) < 4.78 is 1.66. The van der Waals surface area contributed by atoms with Crippen molar-refractivity contribution in [2.75, 3.05) is 0 Å². The van der Waals surface area contributed by atoms with Crippen LogP contribution in [0.4, 0.5) is 0 Å². The minimum Gasteiger partial charge on any atom is -0.312 e. The van der Waals surface area contributed by atoms with E-state index >= 15 is 0 Å². The Balaban J connectivity index is 2.87. The molecule has 1 aromatic rings. The Morgan fingerprint density at radius 3 is 2.91 bits per heavy atom. The van der Waals surface area contributed by atoms with Gasteiger partial charge in [0.1, 0.15) is 0 Å². The first-order valence-electron chi connectivity index (χ1n) is 3.70. The van der Waals surface area contributed by atoms with Crippen LogP contribution in [0.5, 0.6) is 0 Å². The minimum atomic E-state index is -0.0267. The Hall–Kier alpha value is -1.12. The zero-order valence-electron chi connectivity index (χ0n) is 6.82. The highest BCUT2D eigenvalue weighted by Crippen LogP contribution is 1.93. The Morgan fingerprint density at radius 2 is 2.36 bits per heavy atom. The standard InChI is InChI=1S/C8H12N2O/c1-7(2)6-10-4-3-9-5-8(10)11/h3-5,7H,6H2,1-2H3. The molecule has 0 bridgehead atoms. The van der Waals surface area contributed by atoms with E-state index in [2.05, 4.69) is 18.8 Å². The van der Waals surface area contributed by atoms with Gasteiger partial charge in [-0.05, 0) is 5.92 Å². The maximum atomic E-state index is 11.1. The van der Waals surface area contributed by atoms with Gasteiger partial charge in [-0.15, -0.1) is 0 Å². The molecule has 0 saturated carbocycles. The second-order valence-corrected chi connectivity index (χ2v) is 2.96. The summed E-state index contributed by atoms with van der Waals surface area (Å²) in [6, 6.07) is 0. The van der Waals surface area contributed by atoms with E-state index in [-0.39, 0.29) is 5.56 Å². The predicted octanol–water partition coefficient (Wildman–Crippen LogP) is 0.899. The van der Waals surface area contributed by atoms with E-state index in [4.69, 9.17) is 0 Å². The van der Waals surface area contributed by atoms with Crippen LogP contribution in [0.1, 0.15) is 13.8 Å². The first kappa shape index (κ1) is 7.98. The van der Waals surface area contributed by atoms with Crippen LogP contribution < -0.4 is 5.56 Å². The molecule has 0 aliphatic heterocycles. The fraction of sp³-hybridized carbons (Fsp3) is 0.500. The first-order valence-corrected chi connectivity index (χ1v) is 3.70. The molecule has 0 atom stereocenters. The van der Waals surface area contributed by atoms with Gasteiger partial charge in [-0.25, -0.2) is 0 Å². The molecule has 0 radical (unpaired) electrons. The van der Waals surface area contributed by atoms with E-state index < -0.39 is 0 Å². The topological polar surface area (TPSA) is 34.9 Å². The summed E-state index contributed by atoms with van der Waals surface area (Å²) in [4.78, 5) is 14.8. The van der Waals surface area contributed by atoms with Crippen molar-refractivity contribution in [1.82, 2.24) is 9.55 Å². The molecular formula is C8H12N2O. The van der Waals surface area contributed by atoms with Crippen molar-refractivity contribution in [1.29, 1.82) is 0 Å². The van der Waals surface area contributed by atoms with Crippen LogP contribution >= 0.6 is 0 Å². The lowest BCUT2D eigenvalue weighted by Crippen LogP contribution is -2.21. The van der Waals surface area contributed by atoms with Crippen LogP contribution in [0, 0.1) is 5.92 Å². The molecule has 0 N–H and O–H groups in total. The molecule has 0 unspecified atom stereocenters. The summed E-state index contributed by atoms with van der Waals surface area (Å²) >= 11 is 0. The van der Waals surface area contributed by atoms with Gasteiger partial charge >= 0.3 is 0 Å². The molecule has 0 aliphatic carbocycles. The predicted molar refractivity (Wildman–Crippen MR) is 43.3 cm³/mol. The lowest BCUT2D eigenvalue weighted by Gasteiger charge is -2.06. The summed E-state index contributed by atoms with van der Waals surface area (Å²) in [5, 5.41) is 0. The number of nitrogens with zero attached hydrogens (tertiary/aromatic N) is 2. The molecule has 0 saturated heterocycles. The molecule has 3 heteroatoms. The van der Waals surface area contributed by atoms with Gasteiger partial charge in [0.2, 0.25) is 0 Å². The summed E-state index contributed by atoms with van der Waals surface area (Å²) in [6.45, 7) is 4.92. The van der Waals surface area contributed by atoms with Crippen LogP contribution in [0.3, 0.4) is 0 Å². The monoisotopic (exact) mass is 152 g/mol. The third-order valence-electron chi connectivity index (χ3n) is 1.36. The van der Waals surface area contributed by atoms with Crippen molar-refractivity contribution in [3.63, 3.8) is 0 Å². The average Bonchev–Trinajstić information content (AvgIpc) is 1.93. The van der Waals surface area contributed by atoms with E-state index in [0.717, 1.165) is 6.54 Å². The van der Waals surface area contributed by atoms with Crippen LogP contribution in [-0.4, -0.2) is 9.55 Å². The Morgan fingerprint density at radius 1 is 1.64 bits per heavy atom. The maximum Gasteiger partial charge on any atom is 0.268 e. The van der Waals surface area contributed by atoms with E-state index in [1.807, 2.05) is 0 Å². The second kappa shape index (κ2) is 3.32. The van der Waals surface area contributed by atoms with Gasteiger partial charge < -0.3 is 4.57 Å². The van der Waals surface area contributed by atoms with Gasteiger partial charge in [-0.2, -0.15) is 0 Å². The quantitative estimate of drug-likeness (QED) is 0.631. The molecule has 0 fully saturated rings. The molecule has 0 amide bonds. The van der Waals surface area contributed by atoms with E-state index in [0.29, 0.717) is 5.92 Å². The SMILES string of the molecule is CC(C)Cn1ccncc1=O. The van der Waals surface area contributed by atoms with Gasteiger partial charge in [0.05, 0.1) is 6.20 Å². The Bertz CT molecular complexity index is 277. The van der Waals surface area contributed by atoms with Gasteiger partial charge in [0.15, 0.2) is 0 Å². The fourth-order valence-corrected chi connectivity index (χ4v) is 0.918. The van der Waals surface area contributed by atoms with Crippen molar-refractivity contribution in [3.05, 3.63) is 28.9 Å². The number of hydrogen-bond donors (Lipinski definition) is 0. The highest BCUT2D eigenvalue weighted by Gasteiger charge is 1.96. The zero-order valence-corrected chi connectivity index (χ0v) is 6.82. The van der Waals surface area contributed by atoms with Crippen molar-refractivity contribution < 1.29 is 0 Å². The van der Waals surface area contributed by atoms with E-state index in [1.54, 1.807) is 17.0 Å². The molecule has 0 spiro atoms.